The number of esters is 1. The van der Waals surface area contributed by atoms with E-state index in [9.17, 15) is 14.4 Å². The number of aromatic nitrogens is 1. The summed E-state index contributed by atoms with van der Waals surface area (Å²) in [7, 11) is 0. The van der Waals surface area contributed by atoms with Gasteiger partial charge in [-0.05, 0) is 63.6 Å². The Bertz CT molecular complexity index is 1250. The number of hydrogen-bond donors (Lipinski definition) is 2. The molecule has 0 spiro atoms. The van der Waals surface area contributed by atoms with Crippen molar-refractivity contribution in [3.05, 3.63) is 88.7 Å². The molecule has 37 heavy (non-hydrogen) atoms. The molecule has 0 unspecified atom stereocenters. The second-order valence-corrected chi connectivity index (χ2v) is 8.25. The van der Waals surface area contributed by atoms with Crippen molar-refractivity contribution in [1.82, 2.24) is 15.3 Å². The smallest absolute Gasteiger partial charge is 0.407 e. The summed E-state index contributed by atoms with van der Waals surface area (Å²) in [6, 6.07) is 17.8. The topological polar surface area (TPSA) is 111 Å². The summed E-state index contributed by atoms with van der Waals surface area (Å²) in [4.78, 5) is 36.5. The van der Waals surface area contributed by atoms with Gasteiger partial charge in [0.05, 0.1) is 37.5 Å². The molecular weight excluding hydrogens is 472 g/mol. The fourth-order valence-corrected chi connectivity index (χ4v) is 3.93. The van der Waals surface area contributed by atoms with Crippen LogP contribution < -0.4 is 10.7 Å². The zero-order chi connectivity index (χ0) is 26.8. The van der Waals surface area contributed by atoms with Gasteiger partial charge in [0.1, 0.15) is 0 Å². The maximum Gasteiger partial charge on any atom is 0.407 e. The molecule has 0 aliphatic carbocycles. The van der Waals surface area contributed by atoms with Crippen LogP contribution in [0.5, 0.6) is 0 Å². The molecule has 1 aromatic heterocycles. The monoisotopic (exact) mass is 504 g/mol. The van der Waals surface area contributed by atoms with Gasteiger partial charge in [-0.25, -0.2) is 15.0 Å². The van der Waals surface area contributed by atoms with E-state index in [1.807, 2.05) is 66.9 Å². The summed E-state index contributed by atoms with van der Waals surface area (Å²) in [5.41, 5.74) is 7.43. The van der Waals surface area contributed by atoms with Crippen molar-refractivity contribution in [2.75, 3.05) is 13.2 Å². The van der Waals surface area contributed by atoms with Crippen molar-refractivity contribution in [3.63, 3.8) is 0 Å². The maximum atomic E-state index is 12.6. The molecule has 0 bridgehead atoms. The van der Waals surface area contributed by atoms with Crippen molar-refractivity contribution in [2.45, 2.75) is 40.2 Å². The molecule has 0 radical (unpaired) electrons. The van der Waals surface area contributed by atoms with Gasteiger partial charge >= 0.3 is 12.1 Å². The summed E-state index contributed by atoms with van der Waals surface area (Å²) >= 11 is 0. The Balaban J connectivity index is 1.68. The second-order valence-electron chi connectivity index (χ2n) is 8.25. The van der Waals surface area contributed by atoms with Crippen LogP contribution in [-0.4, -0.2) is 42.0 Å². The van der Waals surface area contributed by atoms with Crippen LogP contribution in [0.3, 0.4) is 0 Å². The van der Waals surface area contributed by atoms with Gasteiger partial charge in [-0.15, -0.1) is 0 Å². The van der Waals surface area contributed by atoms with Crippen LogP contribution in [0.15, 0.2) is 65.8 Å². The molecule has 0 saturated heterocycles. The first-order chi connectivity index (χ1) is 17.8. The Labute approximate surface area is 216 Å². The molecule has 2 amide bonds. The molecule has 9 nitrogen and oxygen atoms in total. The number of aryl methyl sites for hydroxylation is 1. The van der Waals surface area contributed by atoms with E-state index in [2.05, 4.69) is 15.8 Å². The van der Waals surface area contributed by atoms with E-state index in [0.717, 1.165) is 28.2 Å². The molecule has 2 aromatic carbocycles. The van der Waals surface area contributed by atoms with E-state index in [-0.39, 0.29) is 24.9 Å². The molecule has 2 N–H and O–H groups in total. The summed E-state index contributed by atoms with van der Waals surface area (Å²) in [5.74, 6) is -0.712. The lowest BCUT2D eigenvalue weighted by molar-refractivity contribution is -0.121. The van der Waals surface area contributed by atoms with Gasteiger partial charge < -0.3 is 19.4 Å². The third-order valence-corrected chi connectivity index (χ3v) is 5.66. The minimum atomic E-state index is -0.588. The molecule has 0 fully saturated rings. The number of rotatable bonds is 10. The van der Waals surface area contributed by atoms with Gasteiger partial charge in [0.25, 0.3) is 0 Å². The fraction of sp³-hybridized carbons (Fsp3) is 0.286. The fourth-order valence-electron chi connectivity index (χ4n) is 3.93. The Morgan fingerprint density at radius 1 is 0.973 bits per heavy atom. The third kappa shape index (κ3) is 7.30. The molecule has 3 rings (SSSR count). The predicted octanol–water partition coefficient (Wildman–Crippen LogP) is 4.60. The third-order valence-electron chi connectivity index (χ3n) is 5.66. The first-order valence-corrected chi connectivity index (χ1v) is 12.1. The van der Waals surface area contributed by atoms with Crippen LogP contribution in [0.1, 0.15) is 59.2 Å². The number of ether oxygens (including phenoxy) is 2. The Hall–Kier alpha value is -4.40. The summed E-state index contributed by atoms with van der Waals surface area (Å²) < 4.78 is 12.0. The van der Waals surface area contributed by atoms with Gasteiger partial charge in [0, 0.05) is 22.6 Å². The highest BCUT2D eigenvalue weighted by molar-refractivity contribution is 5.89. The van der Waals surface area contributed by atoms with Gasteiger partial charge in [-0.3, -0.25) is 4.79 Å². The quantitative estimate of drug-likeness (QED) is 0.238. The van der Waals surface area contributed by atoms with Crippen molar-refractivity contribution in [1.29, 1.82) is 0 Å². The van der Waals surface area contributed by atoms with Crippen LogP contribution in [0.4, 0.5) is 4.79 Å². The SMILES string of the molecule is CCOC(=O)N[C@H](CC(=O)N/N=C\c1cc(C)n(-c2ccc(C(=O)OCC)cc2)c1C)c1ccccc1. The molecule has 0 aliphatic rings. The lowest BCUT2D eigenvalue weighted by atomic mass is 10.0. The zero-order valence-electron chi connectivity index (χ0n) is 21.5. The first-order valence-electron chi connectivity index (χ1n) is 12.1. The van der Waals surface area contributed by atoms with Crippen LogP contribution in [-0.2, 0) is 14.3 Å². The first kappa shape index (κ1) is 27.2. The molecule has 3 aromatic rings. The van der Waals surface area contributed by atoms with Crippen LogP contribution >= 0.6 is 0 Å². The Morgan fingerprint density at radius 3 is 2.30 bits per heavy atom. The van der Waals surface area contributed by atoms with E-state index < -0.39 is 12.1 Å². The van der Waals surface area contributed by atoms with Gasteiger partial charge in [-0.2, -0.15) is 5.10 Å². The van der Waals surface area contributed by atoms with Crippen molar-refractivity contribution < 1.29 is 23.9 Å². The number of hydrazone groups is 1. The molecule has 1 atom stereocenters. The van der Waals surface area contributed by atoms with Gasteiger partial charge in [0.2, 0.25) is 5.91 Å². The van der Waals surface area contributed by atoms with Gasteiger partial charge in [0.15, 0.2) is 0 Å². The van der Waals surface area contributed by atoms with E-state index in [1.54, 1.807) is 32.2 Å². The predicted molar refractivity (Wildman–Crippen MR) is 141 cm³/mol. The van der Waals surface area contributed by atoms with E-state index in [0.29, 0.717) is 12.2 Å². The lowest BCUT2D eigenvalue weighted by Crippen LogP contribution is -2.33. The number of benzene rings is 2. The van der Waals surface area contributed by atoms with Crippen LogP contribution in [0.2, 0.25) is 0 Å². The summed E-state index contributed by atoms with van der Waals surface area (Å²) in [5, 5.41) is 6.85. The van der Waals surface area contributed by atoms with E-state index >= 15 is 0 Å². The van der Waals surface area contributed by atoms with Crippen molar-refractivity contribution in [3.8, 4) is 5.69 Å². The number of carbonyl (C=O) groups excluding carboxylic acids is 3. The molecule has 9 heteroatoms. The normalized spacial score (nSPS) is 11.7. The highest BCUT2D eigenvalue weighted by Gasteiger charge is 2.19. The largest absolute Gasteiger partial charge is 0.462 e. The van der Waals surface area contributed by atoms with Crippen LogP contribution in [0.25, 0.3) is 5.69 Å². The molecule has 0 aliphatic heterocycles. The summed E-state index contributed by atoms with van der Waals surface area (Å²) in [6.45, 7) is 7.96. The Morgan fingerprint density at radius 2 is 1.65 bits per heavy atom. The zero-order valence-corrected chi connectivity index (χ0v) is 21.5. The molecule has 0 saturated carbocycles. The molecule has 1 heterocycles. The molecule has 194 valence electrons. The highest BCUT2D eigenvalue weighted by Crippen LogP contribution is 2.21. The average Bonchev–Trinajstić information content (AvgIpc) is 3.17. The van der Waals surface area contributed by atoms with E-state index in [4.69, 9.17) is 9.47 Å². The Kier molecular flexibility index (Phi) is 9.60. The maximum absolute atomic E-state index is 12.6. The molecular formula is C28H32N4O5. The number of amides is 2. The average molecular weight is 505 g/mol. The van der Waals surface area contributed by atoms with Gasteiger partial charge in [-0.1, -0.05) is 30.3 Å². The van der Waals surface area contributed by atoms with E-state index in [1.165, 1.54) is 0 Å². The standard InChI is InChI=1S/C28H32N4O5/c1-5-36-27(34)22-12-14-24(15-13-22)32-19(3)16-23(20(32)4)18-29-31-26(33)17-25(30-28(35)37-6-2)21-10-8-7-9-11-21/h7-16,18,25H,5-6,17H2,1-4H3,(H,30,35)(H,31,33)/b29-18-/t25-/m1/s1. The number of carbonyl (C=O) groups is 3. The van der Waals surface area contributed by atoms with Crippen LogP contribution in [0, 0.1) is 13.8 Å². The number of alkyl carbamates (subject to hydrolysis) is 1. The number of hydrogen-bond acceptors (Lipinski definition) is 6. The minimum absolute atomic E-state index is 0.00793. The number of nitrogens with zero attached hydrogens (tertiary/aromatic N) is 2. The van der Waals surface area contributed by atoms with Crippen molar-refractivity contribution in [2.24, 2.45) is 5.10 Å². The lowest BCUT2D eigenvalue weighted by Gasteiger charge is -2.18. The second kappa shape index (κ2) is 13.1. The van der Waals surface area contributed by atoms with Crippen molar-refractivity contribution >= 4 is 24.2 Å². The summed E-state index contributed by atoms with van der Waals surface area (Å²) in [6.07, 6.45) is 0.988. The minimum Gasteiger partial charge on any atom is -0.462 e. The number of nitrogens with one attached hydrogen (secondary N) is 2. The highest BCUT2D eigenvalue weighted by atomic mass is 16.5.